The number of non-ortho nitro benzene ring substituents is 1. The van der Waals surface area contributed by atoms with Crippen LogP contribution in [0.4, 0.5) is 5.69 Å². The van der Waals surface area contributed by atoms with Crippen molar-refractivity contribution in [1.82, 2.24) is 9.62 Å². The summed E-state index contributed by atoms with van der Waals surface area (Å²) in [6.07, 6.45) is 0.457. The molecule has 0 bridgehead atoms. The molecule has 0 spiro atoms. The summed E-state index contributed by atoms with van der Waals surface area (Å²) >= 11 is 6.10. The molecule has 0 saturated heterocycles. The Morgan fingerprint density at radius 2 is 1.76 bits per heavy atom. The van der Waals surface area contributed by atoms with E-state index in [1.165, 1.54) is 34.6 Å². The molecule has 2 aromatic rings. The molecule has 0 aliphatic carbocycles. The fraction of sp³-hybridized carbons (Fsp3) is 0.316. The first kappa shape index (κ1) is 22.8. The van der Waals surface area contributed by atoms with E-state index in [1.54, 1.807) is 26.0 Å². The number of hydrogen-bond acceptors (Lipinski definition) is 5. The first-order chi connectivity index (χ1) is 13.7. The summed E-state index contributed by atoms with van der Waals surface area (Å²) in [5.74, 6) is -0.492. The molecule has 0 atom stereocenters. The Bertz CT molecular complexity index is 989. The van der Waals surface area contributed by atoms with Gasteiger partial charge in [-0.2, -0.15) is 4.31 Å². The van der Waals surface area contributed by atoms with Crippen LogP contribution in [-0.2, 0) is 16.4 Å². The van der Waals surface area contributed by atoms with Crippen LogP contribution < -0.4 is 5.32 Å². The van der Waals surface area contributed by atoms with Crippen LogP contribution in [-0.4, -0.2) is 43.2 Å². The van der Waals surface area contributed by atoms with Gasteiger partial charge in [-0.15, -0.1) is 0 Å². The molecule has 2 rings (SSSR count). The second-order valence-electron chi connectivity index (χ2n) is 6.16. The molecule has 0 radical (unpaired) electrons. The van der Waals surface area contributed by atoms with Crippen LogP contribution in [0.3, 0.4) is 0 Å². The van der Waals surface area contributed by atoms with Gasteiger partial charge in [-0.3, -0.25) is 14.9 Å². The SMILES string of the molecule is CCN(CC)S(=O)(=O)c1ccc(Cl)c(C(=O)NCCc2ccc([N+](=O)[O-])cc2)c1. The number of carbonyl (C=O) groups is 1. The van der Waals surface area contributed by atoms with Gasteiger partial charge in [0.25, 0.3) is 11.6 Å². The largest absolute Gasteiger partial charge is 0.352 e. The van der Waals surface area contributed by atoms with E-state index in [-0.39, 0.29) is 27.7 Å². The molecular formula is C19H22ClN3O5S. The average Bonchev–Trinajstić information content (AvgIpc) is 2.69. The zero-order valence-electron chi connectivity index (χ0n) is 16.1. The lowest BCUT2D eigenvalue weighted by Gasteiger charge is -2.19. The van der Waals surface area contributed by atoms with Crippen molar-refractivity contribution in [3.05, 3.63) is 68.7 Å². The highest BCUT2D eigenvalue weighted by molar-refractivity contribution is 7.89. The number of sulfonamides is 1. The van der Waals surface area contributed by atoms with Gasteiger partial charge >= 0.3 is 0 Å². The van der Waals surface area contributed by atoms with Crippen LogP contribution in [0.5, 0.6) is 0 Å². The molecule has 0 unspecified atom stereocenters. The number of nitro benzene ring substituents is 1. The van der Waals surface area contributed by atoms with Crippen molar-refractivity contribution < 1.29 is 18.1 Å². The number of nitrogens with zero attached hydrogens (tertiary/aromatic N) is 2. The summed E-state index contributed by atoms with van der Waals surface area (Å²) < 4.78 is 26.6. The fourth-order valence-electron chi connectivity index (χ4n) is 2.75. The van der Waals surface area contributed by atoms with Crippen LogP contribution in [0.15, 0.2) is 47.4 Å². The summed E-state index contributed by atoms with van der Waals surface area (Å²) in [5.41, 5.74) is 0.888. The number of carbonyl (C=O) groups excluding carboxylic acids is 1. The van der Waals surface area contributed by atoms with Gasteiger partial charge < -0.3 is 5.32 Å². The Balaban J connectivity index is 2.09. The van der Waals surface area contributed by atoms with Crippen molar-refractivity contribution in [1.29, 1.82) is 0 Å². The van der Waals surface area contributed by atoms with Gasteiger partial charge in [-0.25, -0.2) is 8.42 Å². The van der Waals surface area contributed by atoms with Gasteiger partial charge in [0.1, 0.15) is 0 Å². The molecule has 10 heteroatoms. The first-order valence-electron chi connectivity index (χ1n) is 9.02. The number of hydrogen-bond donors (Lipinski definition) is 1. The fourth-order valence-corrected chi connectivity index (χ4v) is 4.44. The molecule has 156 valence electrons. The van der Waals surface area contributed by atoms with E-state index in [0.717, 1.165) is 5.56 Å². The van der Waals surface area contributed by atoms with Gasteiger partial charge in [0.05, 0.1) is 20.4 Å². The molecule has 8 nitrogen and oxygen atoms in total. The average molecular weight is 440 g/mol. The maximum Gasteiger partial charge on any atom is 0.269 e. The lowest BCUT2D eigenvalue weighted by Crippen LogP contribution is -2.31. The number of nitrogens with one attached hydrogen (secondary N) is 1. The van der Waals surface area contributed by atoms with E-state index in [1.807, 2.05) is 0 Å². The number of rotatable bonds is 9. The Kier molecular flexibility index (Phi) is 7.72. The van der Waals surface area contributed by atoms with Crippen molar-refractivity contribution in [2.45, 2.75) is 25.2 Å². The minimum absolute atomic E-state index is 0.00389. The molecule has 0 aromatic heterocycles. The summed E-state index contributed by atoms with van der Waals surface area (Å²) in [7, 11) is -3.71. The van der Waals surface area contributed by atoms with Crippen LogP contribution in [0.25, 0.3) is 0 Å². The first-order valence-corrected chi connectivity index (χ1v) is 10.8. The van der Waals surface area contributed by atoms with E-state index in [2.05, 4.69) is 5.32 Å². The third kappa shape index (κ3) is 5.53. The Morgan fingerprint density at radius 3 is 2.31 bits per heavy atom. The van der Waals surface area contributed by atoms with Gasteiger partial charge in [-0.1, -0.05) is 37.6 Å². The summed E-state index contributed by atoms with van der Waals surface area (Å²) in [4.78, 5) is 22.7. The highest BCUT2D eigenvalue weighted by Gasteiger charge is 2.23. The van der Waals surface area contributed by atoms with Crippen LogP contribution >= 0.6 is 11.6 Å². The van der Waals surface area contributed by atoms with Gasteiger partial charge in [0, 0.05) is 31.8 Å². The zero-order valence-corrected chi connectivity index (χ0v) is 17.7. The van der Waals surface area contributed by atoms with Crippen LogP contribution in [0.2, 0.25) is 5.02 Å². The Labute approximate surface area is 174 Å². The van der Waals surface area contributed by atoms with Gasteiger partial charge in [0.2, 0.25) is 10.0 Å². The van der Waals surface area contributed by atoms with Crippen molar-refractivity contribution in [3.63, 3.8) is 0 Å². The van der Waals surface area contributed by atoms with Crippen LogP contribution in [0.1, 0.15) is 29.8 Å². The van der Waals surface area contributed by atoms with E-state index in [4.69, 9.17) is 11.6 Å². The Hall–Kier alpha value is -2.49. The summed E-state index contributed by atoms with van der Waals surface area (Å²) in [6.45, 7) is 4.38. The van der Waals surface area contributed by atoms with Crippen molar-refractivity contribution >= 4 is 33.2 Å². The van der Waals surface area contributed by atoms with Crippen LogP contribution in [0, 0.1) is 10.1 Å². The van der Waals surface area contributed by atoms with E-state index in [9.17, 15) is 23.3 Å². The number of amides is 1. The van der Waals surface area contributed by atoms with Gasteiger partial charge in [0.15, 0.2) is 0 Å². The van der Waals surface area contributed by atoms with E-state index in [0.29, 0.717) is 19.5 Å². The number of halogens is 1. The molecule has 0 saturated carbocycles. The predicted octanol–water partition coefficient (Wildman–Crippen LogP) is 3.25. The predicted molar refractivity (Wildman–Crippen MR) is 111 cm³/mol. The van der Waals surface area contributed by atoms with Crippen molar-refractivity contribution in [2.75, 3.05) is 19.6 Å². The smallest absolute Gasteiger partial charge is 0.269 e. The molecule has 0 fully saturated rings. The highest BCUT2D eigenvalue weighted by atomic mass is 35.5. The Morgan fingerprint density at radius 1 is 1.14 bits per heavy atom. The minimum Gasteiger partial charge on any atom is -0.352 e. The maximum absolute atomic E-state index is 12.7. The number of benzene rings is 2. The third-order valence-electron chi connectivity index (χ3n) is 4.37. The molecular weight excluding hydrogens is 418 g/mol. The quantitative estimate of drug-likeness (QED) is 0.476. The molecule has 0 aliphatic rings. The minimum atomic E-state index is -3.71. The summed E-state index contributed by atoms with van der Waals surface area (Å²) in [5, 5.41) is 13.5. The lowest BCUT2D eigenvalue weighted by atomic mass is 10.1. The highest BCUT2D eigenvalue weighted by Crippen LogP contribution is 2.23. The lowest BCUT2D eigenvalue weighted by molar-refractivity contribution is -0.384. The molecule has 0 aliphatic heterocycles. The van der Waals surface area contributed by atoms with E-state index >= 15 is 0 Å². The van der Waals surface area contributed by atoms with E-state index < -0.39 is 20.9 Å². The molecule has 1 amide bonds. The molecule has 2 aromatic carbocycles. The second-order valence-corrected chi connectivity index (χ2v) is 8.51. The van der Waals surface area contributed by atoms with Gasteiger partial charge in [-0.05, 0) is 30.2 Å². The van der Waals surface area contributed by atoms with Crippen molar-refractivity contribution in [3.8, 4) is 0 Å². The van der Waals surface area contributed by atoms with Crippen molar-refractivity contribution in [2.24, 2.45) is 0 Å². The monoisotopic (exact) mass is 439 g/mol. The standard InChI is InChI=1S/C19H22ClN3O5S/c1-3-22(4-2)29(27,28)16-9-10-18(20)17(13-16)19(24)21-12-11-14-5-7-15(8-6-14)23(25)26/h5-10,13H,3-4,11-12H2,1-2H3,(H,21,24). The maximum atomic E-state index is 12.7. The second kappa shape index (κ2) is 9.82. The third-order valence-corrected chi connectivity index (χ3v) is 6.75. The summed E-state index contributed by atoms with van der Waals surface area (Å²) in [6, 6.07) is 10.1. The molecule has 1 N–H and O–H groups in total. The molecule has 0 heterocycles. The zero-order chi connectivity index (χ0) is 21.6. The molecule has 29 heavy (non-hydrogen) atoms. The normalized spacial score (nSPS) is 11.4. The topological polar surface area (TPSA) is 110 Å². The number of nitro groups is 1.